The van der Waals surface area contributed by atoms with Gasteiger partial charge in [-0.2, -0.15) is 0 Å². The molecule has 1 heterocycles. The molecule has 19 heavy (non-hydrogen) atoms. The SMILES string of the molecule is C=CCOc1ccccc1-c1nc2ccccc2s1. The number of fused-ring (bicyclic) bond motifs is 1. The molecule has 3 aromatic rings. The van der Waals surface area contributed by atoms with Crippen molar-refractivity contribution in [3.63, 3.8) is 0 Å². The molecule has 0 bridgehead atoms. The van der Waals surface area contributed by atoms with Crippen LogP contribution in [-0.2, 0) is 0 Å². The maximum atomic E-state index is 5.69. The van der Waals surface area contributed by atoms with Crippen LogP contribution < -0.4 is 4.74 Å². The van der Waals surface area contributed by atoms with Crippen LogP contribution in [0.25, 0.3) is 20.8 Å². The lowest BCUT2D eigenvalue weighted by atomic mass is 10.2. The monoisotopic (exact) mass is 267 g/mol. The largest absolute Gasteiger partial charge is 0.489 e. The molecule has 0 atom stereocenters. The quantitative estimate of drug-likeness (QED) is 0.648. The molecule has 0 saturated carbocycles. The van der Waals surface area contributed by atoms with Crippen molar-refractivity contribution < 1.29 is 4.74 Å². The third-order valence-corrected chi connectivity index (χ3v) is 3.84. The Morgan fingerprint density at radius 3 is 2.74 bits per heavy atom. The second-order valence-corrected chi connectivity index (χ2v) is 5.11. The van der Waals surface area contributed by atoms with Gasteiger partial charge in [-0.1, -0.05) is 36.9 Å². The summed E-state index contributed by atoms with van der Waals surface area (Å²) in [6.45, 7) is 4.18. The molecular weight excluding hydrogens is 254 g/mol. The van der Waals surface area contributed by atoms with Crippen LogP contribution in [0.3, 0.4) is 0 Å². The highest BCUT2D eigenvalue weighted by Crippen LogP contribution is 2.35. The van der Waals surface area contributed by atoms with E-state index in [1.165, 1.54) is 4.70 Å². The fourth-order valence-electron chi connectivity index (χ4n) is 1.91. The molecule has 0 fully saturated rings. The van der Waals surface area contributed by atoms with Crippen LogP contribution in [0.2, 0.25) is 0 Å². The van der Waals surface area contributed by atoms with Crippen LogP contribution in [0.5, 0.6) is 5.75 Å². The Balaban J connectivity index is 2.07. The maximum absolute atomic E-state index is 5.69. The molecule has 1 aromatic heterocycles. The lowest BCUT2D eigenvalue weighted by molar-refractivity contribution is 0.364. The van der Waals surface area contributed by atoms with Crippen LogP contribution in [0.4, 0.5) is 0 Å². The average molecular weight is 267 g/mol. The van der Waals surface area contributed by atoms with Crippen molar-refractivity contribution in [2.75, 3.05) is 6.61 Å². The molecule has 0 saturated heterocycles. The van der Waals surface area contributed by atoms with E-state index in [4.69, 9.17) is 4.74 Å². The molecule has 0 aliphatic carbocycles. The number of hydrogen-bond acceptors (Lipinski definition) is 3. The fourth-order valence-corrected chi connectivity index (χ4v) is 2.90. The molecule has 0 aliphatic rings. The van der Waals surface area contributed by atoms with Gasteiger partial charge in [-0.3, -0.25) is 0 Å². The van der Waals surface area contributed by atoms with Gasteiger partial charge in [0.1, 0.15) is 17.4 Å². The molecule has 0 spiro atoms. The first-order chi connectivity index (χ1) is 9.38. The Bertz CT molecular complexity index is 684. The first kappa shape index (κ1) is 11.9. The summed E-state index contributed by atoms with van der Waals surface area (Å²) in [5, 5.41) is 0.987. The third-order valence-electron chi connectivity index (χ3n) is 2.77. The zero-order chi connectivity index (χ0) is 13.1. The minimum absolute atomic E-state index is 0.502. The van der Waals surface area contributed by atoms with E-state index >= 15 is 0 Å². The minimum Gasteiger partial charge on any atom is -0.489 e. The number of nitrogens with zero attached hydrogens (tertiary/aromatic N) is 1. The van der Waals surface area contributed by atoms with Gasteiger partial charge in [0.05, 0.1) is 15.8 Å². The molecule has 3 rings (SSSR count). The summed E-state index contributed by atoms with van der Waals surface area (Å²) < 4.78 is 6.88. The Labute approximate surface area is 116 Å². The van der Waals surface area contributed by atoms with Crippen molar-refractivity contribution in [1.29, 1.82) is 0 Å². The molecule has 0 radical (unpaired) electrons. The second kappa shape index (κ2) is 5.24. The second-order valence-electron chi connectivity index (χ2n) is 4.08. The summed E-state index contributed by atoms with van der Waals surface area (Å²) in [5.41, 5.74) is 2.06. The molecule has 2 nitrogen and oxygen atoms in total. The van der Waals surface area contributed by atoms with Crippen molar-refractivity contribution in [1.82, 2.24) is 4.98 Å². The zero-order valence-corrected chi connectivity index (χ0v) is 11.2. The summed E-state index contributed by atoms with van der Waals surface area (Å²) in [6, 6.07) is 16.1. The van der Waals surface area contributed by atoms with Gasteiger partial charge in [-0.05, 0) is 24.3 Å². The van der Waals surface area contributed by atoms with E-state index < -0.39 is 0 Å². The van der Waals surface area contributed by atoms with Gasteiger partial charge in [0, 0.05) is 0 Å². The molecule has 0 amide bonds. The van der Waals surface area contributed by atoms with Crippen LogP contribution in [-0.4, -0.2) is 11.6 Å². The highest BCUT2D eigenvalue weighted by atomic mass is 32.1. The van der Waals surface area contributed by atoms with Crippen LogP contribution in [0.15, 0.2) is 61.2 Å². The van der Waals surface area contributed by atoms with E-state index in [1.54, 1.807) is 17.4 Å². The average Bonchev–Trinajstić information content (AvgIpc) is 2.89. The van der Waals surface area contributed by atoms with E-state index in [-0.39, 0.29) is 0 Å². The predicted molar refractivity (Wildman–Crippen MR) is 80.7 cm³/mol. The molecule has 94 valence electrons. The van der Waals surface area contributed by atoms with Crippen molar-refractivity contribution in [3.05, 3.63) is 61.2 Å². The van der Waals surface area contributed by atoms with Gasteiger partial charge in [-0.25, -0.2) is 4.98 Å². The van der Waals surface area contributed by atoms with Crippen LogP contribution in [0, 0.1) is 0 Å². The number of ether oxygens (including phenoxy) is 1. The molecule has 3 heteroatoms. The van der Waals surface area contributed by atoms with Crippen LogP contribution >= 0.6 is 11.3 Å². The Morgan fingerprint density at radius 1 is 1.11 bits per heavy atom. The van der Waals surface area contributed by atoms with E-state index in [1.807, 2.05) is 42.5 Å². The van der Waals surface area contributed by atoms with Crippen molar-refractivity contribution in [2.24, 2.45) is 0 Å². The van der Waals surface area contributed by atoms with Crippen molar-refractivity contribution >= 4 is 21.6 Å². The number of para-hydroxylation sites is 2. The summed E-state index contributed by atoms with van der Waals surface area (Å²) in [5.74, 6) is 0.849. The first-order valence-corrected chi connectivity index (χ1v) is 6.89. The normalized spacial score (nSPS) is 10.5. The van der Waals surface area contributed by atoms with Gasteiger partial charge in [0.15, 0.2) is 0 Å². The van der Waals surface area contributed by atoms with Gasteiger partial charge in [0.25, 0.3) is 0 Å². The smallest absolute Gasteiger partial charge is 0.130 e. The van der Waals surface area contributed by atoms with Gasteiger partial charge >= 0.3 is 0 Å². The summed E-state index contributed by atoms with van der Waals surface area (Å²) >= 11 is 1.68. The molecule has 0 aliphatic heterocycles. The highest BCUT2D eigenvalue weighted by molar-refractivity contribution is 7.21. The Morgan fingerprint density at radius 2 is 1.89 bits per heavy atom. The zero-order valence-electron chi connectivity index (χ0n) is 10.4. The Hall–Kier alpha value is -2.13. The van der Waals surface area contributed by atoms with Gasteiger partial charge in [0.2, 0.25) is 0 Å². The molecule has 0 unspecified atom stereocenters. The number of thiazole rings is 1. The maximum Gasteiger partial charge on any atom is 0.130 e. The van der Waals surface area contributed by atoms with E-state index in [2.05, 4.69) is 17.6 Å². The number of benzene rings is 2. The minimum atomic E-state index is 0.502. The summed E-state index contributed by atoms with van der Waals surface area (Å²) in [7, 11) is 0. The van der Waals surface area contributed by atoms with E-state index in [9.17, 15) is 0 Å². The summed E-state index contributed by atoms with van der Waals surface area (Å²) in [6.07, 6.45) is 1.75. The third kappa shape index (κ3) is 2.37. The predicted octanol–water partition coefficient (Wildman–Crippen LogP) is 4.53. The summed E-state index contributed by atoms with van der Waals surface area (Å²) in [4.78, 5) is 4.66. The number of hydrogen-bond donors (Lipinski definition) is 0. The van der Waals surface area contributed by atoms with Gasteiger partial charge in [-0.15, -0.1) is 11.3 Å². The number of aromatic nitrogens is 1. The lowest BCUT2D eigenvalue weighted by Gasteiger charge is -2.07. The van der Waals surface area contributed by atoms with E-state index in [0.29, 0.717) is 6.61 Å². The topological polar surface area (TPSA) is 22.1 Å². The molecular formula is C16H13NOS. The van der Waals surface area contributed by atoms with Gasteiger partial charge < -0.3 is 4.74 Å². The molecule has 0 N–H and O–H groups in total. The fraction of sp³-hybridized carbons (Fsp3) is 0.0625. The number of rotatable bonds is 4. The van der Waals surface area contributed by atoms with Crippen molar-refractivity contribution in [2.45, 2.75) is 0 Å². The van der Waals surface area contributed by atoms with Crippen molar-refractivity contribution in [3.8, 4) is 16.3 Å². The van der Waals surface area contributed by atoms with Crippen LogP contribution in [0.1, 0.15) is 0 Å². The van der Waals surface area contributed by atoms with E-state index in [0.717, 1.165) is 21.8 Å². The lowest BCUT2D eigenvalue weighted by Crippen LogP contribution is -1.94. The first-order valence-electron chi connectivity index (χ1n) is 6.07. The Kier molecular flexibility index (Phi) is 3.29. The standard InChI is InChI=1S/C16H13NOS/c1-2-11-18-14-9-5-3-7-12(14)16-17-13-8-4-6-10-15(13)19-16/h2-10H,1,11H2. The highest BCUT2D eigenvalue weighted by Gasteiger charge is 2.10. The molecule has 2 aromatic carbocycles.